The van der Waals surface area contributed by atoms with E-state index in [1.165, 1.54) is 12.1 Å². The first kappa shape index (κ1) is 20.8. The molecule has 0 radical (unpaired) electrons. The Labute approximate surface area is 143 Å². The summed E-state index contributed by atoms with van der Waals surface area (Å²) >= 11 is 0. The summed E-state index contributed by atoms with van der Waals surface area (Å²) in [5, 5.41) is 11.4. The molecular weight excluding hydrogens is 341 g/mol. The third kappa shape index (κ3) is 7.88. The number of nitrogens with one attached hydrogen (secondary N) is 1. The van der Waals surface area contributed by atoms with Crippen LogP contribution in [0.5, 0.6) is 5.75 Å². The minimum absolute atomic E-state index is 0.0396. The van der Waals surface area contributed by atoms with E-state index in [4.69, 9.17) is 9.84 Å². The van der Waals surface area contributed by atoms with Crippen LogP contribution in [-0.4, -0.2) is 55.2 Å². The highest BCUT2D eigenvalue weighted by Crippen LogP contribution is 2.30. The largest absolute Gasteiger partial charge is 0.492 e. The topological polar surface area (TPSA) is 78.9 Å². The van der Waals surface area contributed by atoms with E-state index in [0.29, 0.717) is 0 Å². The van der Waals surface area contributed by atoms with Gasteiger partial charge in [0.1, 0.15) is 12.4 Å². The number of ether oxygens (including phenoxy) is 1. The van der Waals surface area contributed by atoms with E-state index < -0.39 is 23.6 Å². The first-order chi connectivity index (χ1) is 11.6. The molecule has 140 valence electrons. The number of alkyl halides is 3. The predicted octanol–water partition coefficient (Wildman–Crippen LogP) is 1.85. The van der Waals surface area contributed by atoms with Crippen LogP contribution in [0.25, 0.3) is 0 Å². The highest BCUT2D eigenvalue weighted by atomic mass is 19.4. The summed E-state index contributed by atoms with van der Waals surface area (Å²) in [5.74, 6) is -1.54. The fourth-order valence-corrected chi connectivity index (χ4v) is 2.01. The van der Waals surface area contributed by atoms with Crippen LogP contribution in [0.15, 0.2) is 24.3 Å². The van der Waals surface area contributed by atoms with Crippen molar-refractivity contribution in [1.29, 1.82) is 0 Å². The van der Waals surface area contributed by atoms with E-state index in [2.05, 4.69) is 5.32 Å². The molecule has 0 aliphatic heterocycles. The SMILES string of the molecule is CC(CN(C)CC(=O)NCCOc1ccc(C(F)(F)F)cc1)C(=O)O. The molecule has 0 aliphatic carbocycles. The number of hydrogen-bond acceptors (Lipinski definition) is 4. The normalized spacial score (nSPS) is 12.7. The highest BCUT2D eigenvalue weighted by Gasteiger charge is 2.30. The van der Waals surface area contributed by atoms with Crippen LogP contribution in [-0.2, 0) is 15.8 Å². The molecule has 1 aromatic carbocycles. The number of aliphatic carboxylic acids is 1. The second-order valence-electron chi connectivity index (χ2n) is 5.66. The van der Waals surface area contributed by atoms with Crippen molar-refractivity contribution < 1.29 is 32.6 Å². The Morgan fingerprint density at radius 2 is 1.88 bits per heavy atom. The molecule has 0 bridgehead atoms. The molecule has 0 spiro atoms. The van der Waals surface area contributed by atoms with Crippen molar-refractivity contribution in [3.05, 3.63) is 29.8 Å². The van der Waals surface area contributed by atoms with Crippen molar-refractivity contribution in [2.24, 2.45) is 5.92 Å². The maximum absolute atomic E-state index is 12.4. The summed E-state index contributed by atoms with van der Waals surface area (Å²) in [5.41, 5.74) is -0.758. The average Bonchev–Trinajstić information content (AvgIpc) is 2.50. The van der Waals surface area contributed by atoms with Gasteiger partial charge in [-0.3, -0.25) is 14.5 Å². The smallest absolute Gasteiger partial charge is 0.416 e. The van der Waals surface area contributed by atoms with Crippen LogP contribution in [0, 0.1) is 5.92 Å². The van der Waals surface area contributed by atoms with Crippen LogP contribution in [0.4, 0.5) is 13.2 Å². The molecule has 0 aliphatic rings. The van der Waals surface area contributed by atoms with Gasteiger partial charge < -0.3 is 15.2 Å². The average molecular weight is 362 g/mol. The molecule has 1 rings (SSSR count). The van der Waals surface area contributed by atoms with Gasteiger partial charge in [-0.05, 0) is 31.3 Å². The van der Waals surface area contributed by atoms with Gasteiger partial charge in [-0.15, -0.1) is 0 Å². The molecule has 1 amide bonds. The lowest BCUT2D eigenvalue weighted by Gasteiger charge is -2.18. The summed E-state index contributed by atoms with van der Waals surface area (Å²) < 4.78 is 42.5. The number of halogens is 3. The lowest BCUT2D eigenvalue weighted by atomic mass is 10.2. The Morgan fingerprint density at radius 1 is 1.28 bits per heavy atom. The number of hydrogen-bond donors (Lipinski definition) is 2. The number of carboxylic acids is 1. The quantitative estimate of drug-likeness (QED) is 0.656. The molecule has 0 saturated carbocycles. The first-order valence-electron chi connectivity index (χ1n) is 7.57. The zero-order valence-corrected chi connectivity index (χ0v) is 14.0. The van der Waals surface area contributed by atoms with Gasteiger partial charge in [0.05, 0.1) is 24.6 Å². The van der Waals surface area contributed by atoms with E-state index in [-0.39, 0.29) is 37.9 Å². The summed E-state index contributed by atoms with van der Waals surface area (Å²) in [6, 6.07) is 4.27. The van der Waals surface area contributed by atoms with E-state index in [1.807, 2.05) is 0 Å². The molecule has 1 aromatic rings. The molecule has 25 heavy (non-hydrogen) atoms. The van der Waals surface area contributed by atoms with Gasteiger partial charge in [0.2, 0.25) is 5.91 Å². The monoisotopic (exact) mass is 362 g/mol. The minimum Gasteiger partial charge on any atom is -0.492 e. The van der Waals surface area contributed by atoms with Crippen LogP contribution in [0.3, 0.4) is 0 Å². The van der Waals surface area contributed by atoms with Gasteiger partial charge in [-0.1, -0.05) is 6.92 Å². The number of benzene rings is 1. The molecule has 0 fully saturated rings. The highest BCUT2D eigenvalue weighted by molar-refractivity contribution is 5.78. The second-order valence-corrected chi connectivity index (χ2v) is 5.66. The van der Waals surface area contributed by atoms with Crippen molar-refractivity contribution >= 4 is 11.9 Å². The molecule has 6 nitrogen and oxygen atoms in total. The van der Waals surface area contributed by atoms with Crippen LogP contribution < -0.4 is 10.1 Å². The zero-order valence-electron chi connectivity index (χ0n) is 14.0. The fourth-order valence-electron chi connectivity index (χ4n) is 2.01. The predicted molar refractivity (Wildman–Crippen MR) is 84.2 cm³/mol. The molecular formula is C16H21F3N2O4. The maximum atomic E-state index is 12.4. The number of carbonyl (C=O) groups is 2. The van der Waals surface area contributed by atoms with Gasteiger partial charge in [-0.25, -0.2) is 0 Å². The second kappa shape index (κ2) is 9.26. The molecule has 0 heterocycles. The molecule has 1 atom stereocenters. The lowest BCUT2D eigenvalue weighted by Crippen LogP contribution is -2.39. The molecule has 2 N–H and O–H groups in total. The summed E-state index contributed by atoms with van der Waals surface area (Å²) in [7, 11) is 1.64. The van der Waals surface area contributed by atoms with Crippen LogP contribution >= 0.6 is 0 Å². The van der Waals surface area contributed by atoms with E-state index in [1.54, 1.807) is 18.9 Å². The van der Waals surface area contributed by atoms with Gasteiger partial charge >= 0.3 is 12.1 Å². The third-order valence-corrected chi connectivity index (χ3v) is 3.30. The van der Waals surface area contributed by atoms with Gasteiger partial charge in [0.25, 0.3) is 0 Å². The molecule has 0 saturated heterocycles. The summed E-state index contributed by atoms with van der Waals surface area (Å²) in [6.45, 7) is 2.12. The Kier molecular flexibility index (Phi) is 7.69. The van der Waals surface area contributed by atoms with E-state index in [9.17, 15) is 22.8 Å². The minimum atomic E-state index is -4.39. The Hall–Kier alpha value is -2.29. The van der Waals surface area contributed by atoms with Crippen molar-refractivity contribution in [3.63, 3.8) is 0 Å². The molecule has 1 unspecified atom stereocenters. The van der Waals surface area contributed by atoms with Crippen LogP contribution in [0.1, 0.15) is 12.5 Å². The number of nitrogens with zero attached hydrogens (tertiary/aromatic N) is 1. The zero-order chi connectivity index (χ0) is 19.0. The Balaban J connectivity index is 2.26. The Morgan fingerprint density at radius 3 is 2.40 bits per heavy atom. The number of likely N-dealkylation sites (N-methyl/N-ethyl adjacent to an activating group) is 1. The standard InChI is InChI=1S/C16H21F3N2O4/c1-11(15(23)24)9-21(2)10-14(22)20-7-8-25-13-5-3-12(4-6-13)16(17,18)19/h3-6,11H,7-10H2,1-2H3,(H,20,22)(H,23,24). The third-order valence-electron chi connectivity index (χ3n) is 3.30. The lowest BCUT2D eigenvalue weighted by molar-refractivity contribution is -0.142. The number of rotatable bonds is 9. The first-order valence-corrected chi connectivity index (χ1v) is 7.57. The van der Waals surface area contributed by atoms with E-state index in [0.717, 1.165) is 12.1 Å². The summed E-state index contributed by atoms with van der Waals surface area (Å²) in [4.78, 5) is 24.0. The van der Waals surface area contributed by atoms with Crippen molar-refractivity contribution in [2.45, 2.75) is 13.1 Å². The molecule has 9 heteroatoms. The van der Waals surface area contributed by atoms with Crippen LogP contribution in [0.2, 0.25) is 0 Å². The van der Waals surface area contributed by atoms with Gasteiger partial charge in [0.15, 0.2) is 0 Å². The van der Waals surface area contributed by atoms with Crippen molar-refractivity contribution in [3.8, 4) is 5.75 Å². The number of amides is 1. The van der Waals surface area contributed by atoms with E-state index >= 15 is 0 Å². The summed E-state index contributed by atoms with van der Waals surface area (Å²) in [6.07, 6.45) is -4.39. The van der Waals surface area contributed by atoms with Gasteiger partial charge in [-0.2, -0.15) is 13.2 Å². The maximum Gasteiger partial charge on any atom is 0.416 e. The number of carbonyl (C=O) groups excluding carboxylic acids is 1. The molecule has 0 aromatic heterocycles. The fraction of sp³-hybridized carbons (Fsp3) is 0.500. The van der Waals surface area contributed by atoms with Crippen molar-refractivity contribution in [2.75, 3.05) is 33.3 Å². The van der Waals surface area contributed by atoms with Crippen molar-refractivity contribution in [1.82, 2.24) is 10.2 Å². The number of carboxylic acid groups (broad SMARTS) is 1. The van der Waals surface area contributed by atoms with Gasteiger partial charge in [0, 0.05) is 6.54 Å². The Bertz CT molecular complexity index is 576.